The third kappa shape index (κ3) is 3.12. The minimum absolute atomic E-state index is 0.152. The summed E-state index contributed by atoms with van der Waals surface area (Å²) in [5, 5.41) is 3.41. The maximum atomic E-state index is 6.39. The van der Waals surface area contributed by atoms with Crippen molar-refractivity contribution in [1.29, 1.82) is 0 Å². The molecular formula is C15H26N2S. The maximum absolute atomic E-state index is 6.39. The zero-order valence-electron chi connectivity index (χ0n) is 12.1. The van der Waals surface area contributed by atoms with E-state index in [-0.39, 0.29) is 5.41 Å². The van der Waals surface area contributed by atoms with Crippen molar-refractivity contribution < 1.29 is 0 Å². The van der Waals surface area contributed by atoms with Crippen molar-refractivity contribution in [1.82, 2.24) is 4.98 Å². The number of nitrogens with two attached hydrogens (primary N) is 1. The fraction of sp³-hybridized carbons (Fsp3) is 0.800. The van der Waals surface area contributed by atoms with Crippen LogP contribution in [0.1, 0.15) is 57.7 Å². The van der Waals surface area contributed by atoms with E-state index in [2.05, 4.69) is 33.1 Å². The molecule has 1 saturated carbocycles. The van der Waals surface area contributed by atoms with E-state index in [9.17, 15) is 0 Å². The Bertz CT molecular complexity index is 391. The van der Waals surface area contributed by atoms with Gasteiger partial charge in [0.25, 0.3) is 0 Å². The van der Waals surface area contributed by atoms with E-state index in [0.29, 0.717) is 12.0 Å². The van der Waals surface area contributed by atoms with Gasteiger partial charge in [-0.3, -0.25) is 0 Å². The van der Waals surface area contributed by atoms with Gasteiger partial charge in [0.2, 0.25) is 0 Å². The van der Waals surface area contributed by atoms with E-state index in [1.165, 1.54) is 30.0 Å². The maximum Gasteiger partial charge on any atom is 0.0944 e. The second kappa shape index (κ2) is 5.30. The SMILES string of the molecule is CC1CCCC1C(N)Cc1nc(C(C)(C)C)cs1. The van der Waals surface area contributed by atoms with Gasteiger partial charge in [-0.2, -0.15) is 0 Å². The summed E-state index contributed by atoms with van der Waals surface area (Å²) in [5.74, 6) is 1.49. The Kier molecular flexibility index (Phi) is 4.12. The first kappa shape index (κ1) is 14.0. The first-order chi connectivity index (χ1) is 8.38. The van der Waals surface area contributed by atoms with Crippen molar-refractivity contribution in [2.75, 3.05) is 0 Å². The lowest BCUT2D eigenvalue weighted by molar-refractivity contribution is 0.343. The molecule has 1 heterocycles. The summed E-state index contributed by atoms with van der Waals surface area (Å²) in [6, 6.07) is 0.293. The highest BCUT2D eigenvalue weighted by molar-refractivity contribution is 7.09. The fourth-order valence-corrected chi connectivity index (χ4v) is 4.01. The Labute approximate surface area is 115 Å². The van der Waals surface area contributed by atoms with Crippen molar-refractivity contribution in [3.05, 3.63) is 16.1 Å². The molecule has 0 bridgehead atoms. The molecule has 102 valence electrons. The predicted octanol–water partition coefficient (Wildman–Crippen LogP) is 3.75. The van der Waals surface area contributed by atoms with E-state index in [4.69, 9.17) is 10.7 Å². The van der Waals surface area contributed by atoms with E-state index in [1.54, 1.807) is 11.3 Å². The Morgan fingerprint density at radius 3 is 2.67 bits per heavy atom. The largest absolute Gasteiger partial charge is 0.327 e. The van der Waals surface area contributed by atoms with Crippen LogP contribution in [0.25, 0.3) is 0 Å². The van der Waals surface area contributed by atoms with E-state index >= 15 is 0 Å². The molecule has 1 fully saturated rings. The molecule has 2 N–H and O–H groups in total. The van der Waals surface area contributed by atoms with Crippen LogP contribution < -0.4 is 5.73 Å². The summed E-state index contributed by atoms with van der Waals surface area (Å²) in [5.41, 5.74) is 7.74. The molecule has 0 amide bonds. The van der Waals surface area contributed by atoms with Crippen LogP contribution in [0, 0.1) is 11.8 Å². The summed E-state index contributed by atoms with van der Waals surface area (Å²) in [6.07, 6.45) is 4.96. The average Bonchev–Trinajstić information content (AvgIpc) is 2.85. The van der Waals surface area contributed by atoms with E-state index < -0.39 is 0 Å². The second-order valence-corrected chi connectivity index (χ2v) is 7.76. The molecule has 3 atom stereocenters. The lowest BCUT2D eigenvalue weighted by Crippen LogP contribution is -2.33. The van der Waals surface area contributed by atoms with Gasteiger partial charge in [-0.1, -0.05) is 40.5 Å². The molecule has 1 aromatic heterocycles. The van der Waals surface area contributed by atoms with Gasteiger partial charge in [0.1, 0.15) is 0 Å². The minimum atomic E-state index is 0.152. The van der Waals surface area contributed by atoms with Crippen LogP contribution in [0.3, 0.4) is 0 Å². The Morgan fingerprint density at radius 2 is 2.17 bits per heavy atom. The lowest BCUT2D eigenvalue weighted by Gasteiger charge is -2.22. The van der Waals surface area contributed by atoms with Crippen LogP contribution in [0.2, 0.25) is 0 Å². The molecule has 1 aliphatic carbocycles. The molecular weight excluding hydrogens is 240 g/mol. The number of aromatic nitrogens is 1. The molecule has 0 radical (unpaired) electrons. The van der Waals surface area contributed by atoms with Gasteiger partial charge in [0.15, 0.2) is 0 Å². The number of thiazole rings is 1. The summed E-state index contributed by atoms with van der Waals surface area (Å²) in [7, 11) is 0. The van der Waals surface area contributed by atoms with Gasteiger partial charge in [0.05, 0.1) is 10.7 Å². The van der Waals surface area contributed by atoms with Gasteiger partial charge in [-0.15, -0.1) is 11.3 Å². The van der Waals surface area contributed by atoms with Gasteiger partial charge in [-0.05, 0) is 18.3 Å². The molecule has 2 rings (SSSR count). The Balaban J connectivity index is 1.99. The molecule has 1 aliphatic rings. The molecule has 3 heteroatoms. The summed E-state index contributed by atoms with van der Waals surface area (Å²) < 4.78 is 0. The van der Waals surface area contributed by atoms with Crippen LogP contribution in [0.15, 0.2) is 5.38 Å². The first-order valence-corrected chi connectivity index (χ1v) is 7.96. The standard InChI is InChI=1S/C15H26N2S/c1-10-6-5-7-11(10)12(16)8-14-17-13(9-18-14)15(2,3)4/h9-12H,5-8,16H2,1-4H3. The first-order valence-electron chi connectivity index (χ1n) is 7.08. The summed E-state index contributed by atoms with van der Waals surface area (Å²) >= 11 is 1.77. The highest BCUT2D eigenvalue weighted by Crippen LogP contribution is 2.34. The third-order valence-electron chi connectivity index (χ3n) is 4.21. The molecule has 0 spiro atoms. The monoisotopic (exact) mass is 266 g/mol. The Hall–Kier alpha value is -0.410. The van der Waals surface area contributed by atoms with Gasteiger partial charge < -0.3 is 5.73 Å². The van der Waals surface area contributed by atoms with Crippen LogP contribution in [0.5, 0.6) is 0 Å². The highest BCUT2D eigenvalue weighted by atomic mass is 32.1. The van der Waals surface area contributed by atoms with Gasteiger partial charge in [0, 0.05) is 23.3 Å². The molecule has 0 aliphatic heterocycles. The molecule has 1 aromatic rings. The number of rotatable bonds is 3. The smallest absolute Gasteiger partial charge is 0.0944 e. The van der Waals surface area contributed by atoms with Crippen LogP contribution in [-0.2, 0) is 11.8 Å². The molecule has 2 nitrogen and oxygen atoms in total. The minimum Gasteiger partial charge on any atom is -0.327 e. The predicted molar refractivity (Wildman–Crippen MR) is 79.0 cm³/mol. The highest BCUT2D eigenvalue weighted by Gasteiger charge is 2.29. The molecule has 18 heavy (non-hydrogen) atoms. The number of hydrogen-bond acceptors (Lipinski definition) is 3. The van der Waals surface area contributed by atoms with Crippen LogP contribution in [-0.4, -0.2) is 11.0 Å². The zero-order chi connectivity index (χ0) is 13.3. The van der Waals surface area contributed by atoms with Crippen molar-refractivity contribution in [2.45, 2.75) is 64.8 Å². The van der Waals surface area contributed by atoms with Crippen molar-refractivity contribution in [3.63, 3.8) is 0 Å². The van der Waals surface area contributed by atoms with Gasteiger partial charge in [-0.25, -0.2) is 4.98 Å². The van der Waals surface area contributed by atoms with Crippen LogP contribution in [0.4, 0.5) is 0 Å². The average molecular weight is 266 g/mol. The molecule has 3 unspecified atom stereocenters. The quantitative estimate of drug-likeness (QED) is 0.905. The van der Waals surface area contributed by atoms with Crippen molar-refractivity contribution >= 4 is 11.3 Å². The lowest BCUT2D eigenvalue weighted by atomic mass is 9.89. The van der Waals surface area contributed by atoms with Crippen molar-refractivity contribution in [3.8, 4) is 0 Å². The molecule has 0 aromatic carbocycles. The number of nitrogens with zero attached hydrogens (tertiary/aromatic N) is 1. The summed E-state index contributed by atoms with van der Waals surface area (Å²) in [4.78, 5) is 4.76. The fourth-order valence-electron chi connectivity index (χ4n) is 2.91. The second-order valence-electron chi connectivity index (χ2n) is 6.82. The van der Waals surface area contributed by atoms with E-state index in [0.717, 1.165) is 12.3 Å². The van der Waals surface area contributed by atoms with Gasteiger partial charge >= 0.3 is 0 Å². The normalized spacial score (nSPS) is 26.5. The van der Waals surface area contributed by atoms with E-state index in [1.807, 2.05) is 0 Å². The van der Waals surface area contributed by atoms with Crippen LogP contribution >= 0.6 is 11.3 Å². The van der Waals surface area contributed by atoms with Crippen molar-refractivity contribution in [2.24, 2.45) is 17.6 Å². The third-order valence-corrected chi connectivity index (χ3v) is 5.08. The number of hydrogen-bond donors (Lipinski definition) is 1. The Morgan fingerprint density at radius 1 is 1.44 bits per heavy atom. The summed E-state index contributed by atoms with van der Waals surface area (Å²) in [6.45, 7) is 8.99. The zero-order valence-corrected chi connectivity index (χ0v) is 12.9. The topological polar surface area (TPSA) is 38.9 Å². The molecule has 0 saturated heterocycles.